The SMILES string of the molecule is O=C(O)CCC1CCN(C(=O)c2n[nH]c3ccccc23)C1. The van der Waals surface area contributed by atoms with E-state index in [9.17, 15) is 9.59 Å². The molecule has 0 saturated carbocycles. The quantitative estimate of drug-likeness (QED) is 0.899. The van der Waals surface area contributed by atoms with Gasteiger partial charge in [-0.3, -0.25) is 14.7 Å². The predicted octanol–water partition coefficient (Wildman–Crippen LogP) is 1.89. The van der Waals surface area contributed by atoms with Gasteiger partial charge in [-0.15, -0.1) is 0 Å². The van der Waals surface area contributed by atoms with Gasteiger partial charge in [-0.1, -0.05) is 18.2 Å². The van der Waals surface area contributed by atoms with Gasteiger partial charge in [-0.05, 0) is 24.8 Å². The standard InChI is InChI=1S/C15H17N3O3/c19-13(20)6-5-10-7-8-18(9-10)15(21)14-11-3-1-2-4-12(11)16-17-14/h1-4,10H,5-9H2,(H,16,17)(H,19,20). The highest BCUT2D eigenvalue weighted by atomic mass is 16.4. The first-order valence-electron chi connectivity index (χ1n) is 7.09. The molecular weight excluding hydrogens is 270 g/mol. The maximum absolute atomic E-state index is 12.5. The summed E-state index contributed by atoms with van der Waals surface area (Å²) in [5, 5.41) is 16.6. The maximum atomic E-state index is 12.5. The monoisotopic (exact) mass is 287 g/mol. The lowest BCUT2D eigenvalue weighted by molar-refractivity contribution is -0.137. The summed E-state index contributed by atoms with van der Waals surface area (Å²) >= 11 is 0. The van der Waals surface area contributed by atoms with Gasteiger partial charge < -0.3 is 10.0 Å². The largest absolute Gasteiger partial charge is 0.481 e. The van der Waals surface area contributed by atoms with E-state index in [0.29, 0.717) is 25.2 Å². The molecule has 1 saturated heterocycles. The van der Waals surface area contributed by atoms with Crippen molar-refractivity contribution >= 4 is 22.8 Å². The molecule has 2 heterocycles. The van der Waals surface area contributed by atoms with Crippen molar-refractivity contribution in [3.63, 3.8) is 0 Å². The Hall–Kier alpha value is -2.37. The van der Waals surface area contributed by atoms with E-state index in [1.54, 1.807) is 4.90 Å². The molecule has 6 heteroatoms. The molecule has 6 nitrogen and oxygen atoms in total. The van der Waals surface area contributed by atoms with Crippen LogP contribution >= 0.6 is 0 Å². The smallest absolute Gasteiger partial charge is 0.303 e. The molecule has 21 heavy (non-hydrogen) atoms. The van der Waals surface area contributed by atoms with E-state index >= 15 is 0 Å². The topological polar surface area (TPSA) is 86.3 Å². The van der Waals surface area contributed by atoms with E-state index in [1.165, 1.54) is 0 Å². The summed E-state index contributed by atoms with van der Waals surface area (Å²) in [6.07, 6.45) is 1.65. The third kappa shape index (κ3) is 2.74. The summed E-state index contributed by atoms with van der Waals surface area (Å²) in [6.45, 7) is 1.29. The van der Waals surface area contributed by atoms with Gasteiger partial charge in [0.15, 0.2) is 5.69 Å². The van der Waals surface area contributed by atoms with Crippen LogP contribution in [-0.2, 0) is 4.79 Å². The Bertz CT molecular complexity index is 680. The summed E-state index contributed by atoms with van der Waals surface area (Å²) in [5.41, 5.74) is 1.30. The number of rotatable bonds is 4. The molecule has 1 aliphatic heterocycles. The molecule has 1 aliphatic rings. The normalized spacial score (nSPS) is 18.3. The molecule has 1 aromatic carbocycles. The van der Waals surface area contributed by atoms with Crippen LogP contribution < -0.4 is 0 Å². The lowest BCUT2D eigenvalue weighted by Crippen LogP contribution is -2.29. The van der Waals surface area contributed by atoms with Gasteiger partial charge >= 0.3 is 5.97 Å². The second kappa shape index (κ2) is 5.55. The highest BCUT2D eigenvalue weighted by Crippen LogP contribution is 2.24. The first kappa shape index (κ1) is 13.6. The molecule has 0 bridgehead atoms. The number of benzene rings is 1. The van der Waals surface area contributed by atoms with Crippen LogP contribution in [0.3, 0.4) is 0 Å². The van der Waals surface area contributed by atoms with Crippen molar-refractivity contribution in [1.29, 1.82) is 0 Å². The molecule has 2 N–H and O–H groups in total. The molecule has 0 radical (unpaired) electrons. The van der Waals surface area contributed by atoms with Crippen LogP contribution in [0.5, 0.6) is 0 Å². The lowest BCUT2D eigenvalue weighted by Gasteiger charge is -2.15. The minimum absolute atomic E-state index is 0.0784. The fourth-order valence-electron chi connectivity index (χ4n) is 2.86. The van der Waals surface area contributed by atoms with E-state index in [1.807, 2.05) is 24.3 Å². The zero-order chi connectivity index (χ0) is 14.8. The molecule has 0 aliphatic carbocycles. The van der Waals surface area contributed by atoms with Gasteiger partial charge in [0.05, 0.1) is 5.52 Å². The minimum Gasteiger partial charge on any atom is -0.481 e. The molecule has 2 aromatic rings. The number of hydrogen-bond acceptors (Lipinski definition) is 3. The number of hydrogen-bond donors (Lipinski definition) is 2. The van der Waals surface area contributed by atoms with Crippen LogP contribution in [0, 0.1) is 5.92 Å². The van der Waals surface area contributed by atoms with E-state index in [0.717, 1.165) is 17.3 Å². The first-order valence-corrected chi connectivity index (χ1v) is 7.09. The summed E-state index contributed by atoms with van der Waals surface area (Å²) in [5.74, 6) is -0.585. The molecular formula is C15H17N3O3. The van der Waals surface area contributed by atoms with Crippen molar-refractivity contribution in [3.8, 4) is 0 Å². The van der Waals surface area contributed by atoms with Gasteiger partial charge in [-0.25, -0.2) is 0 Å². The Morgan fingerprint density at radius 3 is 3.00 bits per heavy atom. The zero-order valence-electron chi connectivity index (χ0n) is 11.6. The molecule has 1 atom stereocenters. The van der Waals surface area contributed by atoms with Crippen LogP contribution in [-0.4, -0.2) is 45.2 Å². The molecule has 110 valence electrons. The van der Waals surface area contributed by atoms with Crippen molar-refractivity contribution in [1.82, 2.24) is 15.1 Å². The van der Waals surface area contributed by atoms with Gasteiger partial charge in [0.25, 0.3) is 5.91 Å². The van der Waals surface area contributed by atoms with Crippen molar-refractivity contribution in [2.45, 2.75) is 19.3 Å². The van der Waals surface area contributed by atoms with Crippen LogP contribution in [0.1, 0.15) is 29.8 Å². The second-order valence-electron chi connectivity index (χ2n) is 5.46. The summed E-state index contributed by atoms with van der Waals surface area (Å²) in [6, 6.07) is 7.55. The van der Waals surface area contributed by atoms with Gasteiger partial charge in [-0.2, -0.15) is 5.10 Å². The number of nitrogens with one attached hydrogen (secondary N) is 1. The average Bonchev–Trinajstić information content (AvgIpc) is 3.11. The number of aromatic amines is 1. The number of carboxylic acid groups (broad SMARTS) is 1. The number of nitrogens with zero attached hydrogens (tertiary/aromatic N) is 2. The molecule has 1 aromatic heterocycles. The van der Waals surface area contributed by atoms with Crippen LogP contribution in [0.15, 0.2) is 24.3 Å². The number of fused-ring (bicyclic) bond motifs is 1. The predicted molar refractivity (Wildman–Crippen MR) is 77.0 cm³/mol. The third-order valence-corrected chi connectivity index (χ3v) is 4.01. The summed E-state index contributed by atoms with van der Waals surface area (Å²) in [4.78, 5) is 24.9. The van der Waals surface area contributed by atoms with Crippen molar-refractivity contribution in [3.05, 3.63) is 30.0 Å². The van der Waals surface area contributed by atoms with E-state index in [4.69, 9.17) is 5.11 Å². The third-order valence-electron chi connectivity index (χ3n) is 4.01. The molecule has 3 rings (SSSR count). The van der Waals surface area contributed by atoms with Crippen molar-refractivity contribution in [2.24, 2.45) is 5.92 Å². The molecule has 0 spiro atoms. The number of aromatic nitrogens is 2. The number of amides is 1. The fraction of sp³-hybridized carbons (Fsp3) is 0.400. The van der Waals surface area contributed by atoms with Gasteiger partial charge in [0.2, 0.25) is 0 Å². The second-order valence-corrected chi connectivity index (χ2v) is 5.46. The Kier molecular flexibility index (Phi) is 3.60. The van der Waals surface area contributed by atoms with Crippen LogP contribution in [0.2, 0.25) is 0 Å². The molecule has 1 amide bonds. The minimum atomic E-state index is -0.780. The van der Waals surface area contributed by atoms with E-state index in [-0.39, 0.29) is 18.2 Å². The van der Waals surface area contributed by atoms with Crippen LogP contribution in [0.25, 0.3) is 10.9 Å². The number of H-pyrrole nitrogens is 1. The number of carbonyl (C=O) groups excluding carboxylic acids is 1. The Labute approximate surface area is 121 Å². The Morgan fingerprint density at radius 1 is 1.38 bits per heavy atom. The number of carboxylic acids is 1. The first-order chi connectivity index (χ1) is 10.1. The average molecular weight is 287 g/mol. The summed E-state index contributed by atoms with van der Waals surface area (Å²) < 4.78 is 0. The Balaban J connectivity index is 1.70. The highest BCUT2D eigenvalue weighted by Gasteiger charge is 2.29. The maximum Gasteiger partial charge on any atom is 0.303 e. The lowest BCUT2D eigenvalue weighted by atomic mass is 10.0. The van der Waals surface area contributed by atoms with Crippen LogP contribution in [0.4, 0.5) is 0 Å². The van der Waals surface area contributed by atoms with E-state index in [2.05, 4.69) is 10.2 Å². The zero-order valence-corrected chi connectivity index (χ0v) is 11.6. The molecule has 1 unspecified atom stereocenters. The number of para-hydroxylation sites is 1. The highest BCUT2D eigenvalue weighted by molar-refractivity contribution is 6.04. The number of aliphatic carboxylic acids is 1. The van der Waals surface area contributed by atoms with Gasteiger partial charge in [0.1, 0.15) is 0 Å². The van der Waals surface area contributed by atoms with Gasteiger partial charge in [0, 0.05) is 24.9 Å². The Morgan fingerprint density at radius 2 is 2.19 bits per heavy atom. The van der Waals surface area contributed by atoms with Crippen molar-refractivity contribution in [2.75, 3.05) is 13.1 Å². The fourth-order valence-corrected chi connectivity index (χ4v) is 2.86. The van der Waals surface area contributed by atoms with E-state index < -0.39 is 5.97 Å². The molecule has 1 fully saturated rings. The number of carbonyl (C=O) groups is 2. The number of likely N-dealkylation sites (tertiary alicyclic amines) is 1. The summed E-state index contributed by atoms with van der Waals surface area (Å²) in [7, 11) is 0. The van der Waals surface area contributed by atoms with Crippen molar-refractivity contribution < 1.29 is 14.7 Å².